The zero-order valence-corrected chi connectivity index (χ0v) is 19.4. The highest BCUT2D eigenvalue weighted by atomic mass is 35.5. The Morgan fingerprint density at radius 3 is 2.45 bits per heavy atom. The standard InChI is InChI=1S/C23H25ClFN5O2.ClH/c24-17-5-3-16(21(9-17)28-23(26)32)4-8-22(31)30-19-10-27-11-20(30)14-29(13-19)12-15-1-6-18(25)7-2-15;/h1-9,19-20,27H,10-14H2,(H3,26,28,32);1H. The number of benzene rings is 2. The highest BCUT2D eigenvalue weighted by Crippen LogP contribution is 2.24. The second-order valence-corrected chi connectivity index (χ2v) is 8.52. The van der Waals surface area contributed by atoms with Gasteiger partial charge in [0.15, 0.2) is 0 Å². The Morgan fingerprint density at radius 1 is 1.15 bits per heavy atom. The van der Waals surface area contributed by atoms with Gasteiger partial charge in [0.25, 0.3) is 0 Å². The fraction of sp³-hybridized carbons (Fsp3) is 0.304. The van der Waals surface area contributed by atoms with Crippen molar-refractivity contribution in [3.8, 4) is 0 Å². The number of halogens is 3. The van der Waals surface area contributed by atoms with Crippen molar-refractivity contribution in [2.45, 2.75) is 18.6 Å². The van der Waals surface area contributed by atoms with Crippen LogP contribution in [0.15, 0.2) is 48.5 Å². The number of amides is 3. The average molecular weight is 494 g/mol. The monoisotopic (exact) mass is 493 g/mol. The minimum absolute atomic E-state index is 0. The summed E-state index contributed by atoms with van der Waals surface area (Å²) in [5, 5.41) is 6.39. The van der Waals surface area contributed by atoms with Gasteiger partial charge in [-0.3, -0.25) is 9.69 Å². The molecule has 10 heteroatoms. The molecule has 2 aliphatic heterocycles. The molecule has 2 aromatic carbocycles. The number of nitrogens with two attached hydrogens (primary N) is 1. The van der Waals surface area contributed by atoms with E-state index in [-0.39, 0.29) is 36.2 Å². The molecule has 33 heavy (non-hydrogen) atoms. The zero-order chi connectivity index (χ0) is 22.7. The fourth-order valence-corrected chi connectivity index (χ4v) is 4.56. The van der Waals surface area contributed by atoms with Crippen LogP contribution < -0.4 is 16.4 Å². The molecule has 2 saturated heterocycles. The lowest BCUT2D eigenvalue weighted by Crippen LogP contribution is -2.68. The average Bonchev–Trinajstić information content (AvgIpc) is 2.73. The summed E-state index contributed by atoms with van der Waals surface area (Å²) >= 11 is 6.01. The van der Waals surface area contributed by atoms with Crippen LogP contribution in [0.25, 0.3) is 6.08 Å². The largest absolute Gasteiger partial charge is 0.351 e. The van der Waals surface area contributed by atoms with E-state index >= 15 is 0 Å². The van der Waals surface area contributed by atoms with Crippen LogP contribution in [0.5, 0.6) is 0 Å². The number of nitrogens with one attached hydrogen (secondary N) is 2. The van der Waals surface area contributed by atoms with Gasteiger partial charge in [0, 0.05) is 43.8 Å². The molecule has 2 aliphatic rings. The van der Waals surface area contributed by atoms with Crippen LogP contribution in [0.3, 0.4) is 0 Å². The molecule has 0 radical (unpaired) electrons. The summed E-state index contributed by atoms with van der Waals surface area (Å²) in [7, 11) is 0. The molecule has 0 aromatic heterocycles. The summed E-state index contributed by atoms with van der Waals surface area (Å²) in [5.41, 5.74) is 7.36. The van der Waals surface area contributed by atoms with Gasteiger partial charge in [-0.2, -0.15) is 0 Å². The maximum atomic E-state index is 13.2. The van der Waals surface area contributed by atoms with Crippen LogP contribution in [0, 0.1) is 5.82 Å². The molecule has 4 rings (SSSR count). The van der Waals surface area contributed by atoms with Gasteiger partial charge in [0.1, 0.15) is 5.82 Å². The quantitative estimate of drug-likeness (QED) is 0.558. The number of nitrogens with zero attached hydrogens (tertiary/aromatic N) is 2. The van der Waals surface area contributed by atoms with Crippen LogP contribution in [-0.2, 0) is 11.3 Å². The maximum absolute atomic E-state index is 13.2. The van der Waals surface area contributed by atoms with E-state index in [0.29, 0.717) is 29.4 Å². The normalized spacial score (nSPS) is 20.4. The predicted molar refractivity (Wildman–Crippen MR) is 130 cm³/mol. The third-order valence-electron chi connectivity index (χ3n) is 5.74. The van der Waals surface area contributed by atoms with E-state index < -0.39 is 6.03 Å². The smallest absolute Gasteiger partial charge is 0.316 e. The molecule has 0 aliphatic carbocycles. The second kappa shape index (κ2) is 11.0. The molecule has 2 heterocycles. The van der Waals surface area contributed by atoms with Gasteiger partial charge in [-0.05, 0) is 41.5 Å². The first-order valence-electron chi connectivity index (χ1n) is 10.4. The Morgan fingerprint density at radius 2 is 1.82 bits per heavy atom. The lowest BCUT2D eigenvalue weighted by Gasteiger charge is -2.50. The van der Waals surface area contributed by atoms with Crippen LogP contribution in [-0.4, -0.2) is 60.0 Å². The van der Waals surface area contributed by atoms with Gasteiger partial charge in [-0.15, -0.1) is 12.4 Å². The molecule has 0 spiro atoms. The summed E-state index contributed by atoms with van der Waals surface area (Å²) < 4.78 is 13.2. The highest BCUT2D eigenvalue weighted by Gasteiger charge is 2.39. The Balaban J connectivity index is 0.00000306. The lowest BCUT2D eigenvalue weighted by molar-refractivity contribution is -0.136. The van der Waals surface area contributed by atoms with E-state index in [1.165, 1.54) is 18.2 Å². The number of hydrogen-bond acceptors (Lipinski definition) is 4. The number of carbonyl (C=O) groups is 2. The van der Waals surface area contributed by atoms with Gasteiger partial charge < -0.3 is 21.3 Å². The summed E-state index contributed by atoms with van der Waals surface area (Å²) in [4.78, 5) is 28.6. The predicted octanol–water partition coefficient (Wildman–Crippen LogP) is 3.09. The number of hydrogen-bond donors (Lipinski definition) is 3. The Bertz CT molecular complexity index is 1020. The molecule has 2 bridgehead atoms. The molecule has 2 aromatic rings. The second-order valence-electron chi connectivity index (χ2n) is 8.09. The van der Waals surface area contributed by atoms with Gasteiger partial charge in [0.05, 0.1) is 17.8 Å². The van der Waals surface area contributed by atoms with E-state index in [4.69, 9.17) is 17.3 Å². The first kappa shape index (κ1) is 25.0. The third-order valence-corrected chi connectivity index (χ3v) is 5.97. The van der Waals surface area contributed by atoms with Crippen molar-refractivity contribution < 1.29 is 14.0 Å². The summed E-state index contributed by atoms with van der Waals surface area (Å²) in [6.45, 7) is 3.61. The SMILES string of the molecule is Cl.NC(=O)Nc1cc(Cl)ccc1C=CC(=O)N1C2CNCC1CN(Cc1ccc(F)cc1)C2. The van der Waals surface area contributed by atoms with E-state index in [2.05, 4.69) is 15.5 Å². The van der Waals surface area contributed by atoms with Crippen LogP contribution >= 0.6 is 24.0 Å². The van der Waals surface area contributed by atoms with Crippen LogP contribution in [0.1, 0.15) is 11.1 Å². The Labute approximate surface area is 203 Å². The molecule has 3 amide bonds. The number of rotatable bonds is 5. The molecule has 7 nitrogen and oxygen atoms in total. The van der Waals surface area contributed by atoms with Crippen molar-refractivity contribution in [1.82, 2.24) is 15.1 Å². The summed E-state index contributed by atoms with van der Waals surface area (Å²) in [6, 6.07) is 10.9. The minimum atomic E-state index is -0.703. The number of urea groups is 1. The van der Waals surface area contributed by atoms with Crippen molar-refractivity contribution in [2.75, 3.05) is 31.5 Å². The third kappa shape index (κ3) is 6.23. The van der Waals surface area contributed by atoms with E-state index in [9.17, 15) is 14.0 Å². The van der Waals surface area contributed by atoms with Gasteiger partial charge in [-0.1, -0.05) is 29.8 Å². The number of carbonyl (C=O) groups excluding carboxylic acids is 2. The molecular formula is C23H26Cl2FN5O2. The molecule has 2 unspecified atom stereocenters. The lowest BCUT2D eigenvalue weighted by atomic mass is 10.0. The Kier molecular flexibility index (Phi) is 8.31. The highest BCUT2D eigenvalue weighted by molar-refractivity contribution is 6.31. The van der Waals surface area contributed by atoms with E-state index in [1.807, 2.05) is 4.90 Å². The van der Waals surface area contributed by atoms with Gasteiger partial charge >= 0.3 is 6.03 Å². The first-order valence-corrected chi connectivity index (χ1v) is 10.8. The van der Waals surface area contributed by atoms with Gasteiger partial charge in [0.2, 0.25) is 5.91 Å². The minimum Gasteiger partial charge on any atom is -0.351 e. The summed E-state index contributed by atoms with van der Waals surface area (Å²) in [6.07, 6.45) is 3.19. The van der Waals surface area contributed by atoms with Crippen molar-refractivity contribution in [1.29, 1.82) is 0 Å². The van der Waals surface area contributed by atoms with Crippen molar-refractivity contribution in [3.63, 3.8) is 0 Å². The Hall–Kier alpha value is -2.65. The summed E-state index contributed by atoms with van der Waals surface area (Å²) in [5.74, 6) is -0.324. The van der Waals surface area contributed by atoms with Crippen molar-refractivity contribution >= 4 is 47.7 Å². The van der Waals surface area contributed by atoms with Crippen LogP contribution in [0.2, 0.25) is 5.02 Å². The molecule has 0 saturated carbocycles. The molecule has 176 valence electrons. The topological polar surface area (TPSA) is 90.7 Å². The molecule has 2 atom stereocenters. The number of fused-ring (bicyclic) bond motifs is 2. The van der Waals surface area contributed by atoms with E-state index in [0.717, 1.165) is 25.2 Å². The number of anilines is 1. The van der Waals surface area contributed by atoms with E-state index in [1.54, 1.807) is 36.4 Å². The molecule has 4 N–H and O–H groups in total. The number of piperazine rings is 2. The molecular weight excluding hydrogens is 468 g/mol. The van der Waals surface area contributed by atoms with Gasteiger partial charge in [-0.25, -0.2) is 9.18 Å². The molecule has 2 fully saturated rings. The maximum Gasteiger partial charge on any atom is 0.316 e. The fourth-order valence-electron chi connectivity index (χ4n) is 4.39. The number of primary amides is 1. The van der Waals surface area contributed by atoms with Crippen LogP contribution in [0.4, 0.5) is 14.9 Å². The first-order chi connectivity index (χ1) is 15.4. The zero-order valence-electron chi connectivity index (χ0n) is 17.8. The van der Waals surface area contributed by atoms with Crippen molar-refractivity contribution in [3.05, 3.63) is 70.5 Å². The van der Waals surface area contributed by atoms with Crippen molar-refractivity contribution in [2.24, 2.45) is 5.73 Å².